The summed E-state index contributed by atoms with van der Waals surface area (Å²) in [6.07, 6.45) is 0. The predicted octanol–water partition coefficient (Wildman–Crippen LogP) is 4.86. The molecule has 1 N–H and O–H groups in total. The number of hydrogen-bond donors (Lipinski definition) is 1. The van der Waals surface area contributed by atoms with E-state index < -0.39 is 0 Å². The van der Waals surface area contributed by atoms with E-state index in [2.05, 4.69) is 21.2 Å². The highest BCUT2D eigenvalue weighted by atomic mass is 79.9. The smallest absolute Gasteiger partial charge is 0.142 e. The minimum absolute atomic E-state index is 0.226. The van der Waals surface area contributed by atoms with Gasteiger partial charge in [-0.25, -0.2) is 4.39 Å². The normalized spacial score (nSPS) is 12.5. The van der Waals surface area contributed by atoms with E-state index in [1.54, 1.807) is 12.1 Å². The SMILES string of the molecule is CNC(c1cc(Cl)ccc1C)c1cccc(Br)c1F. The number of benzene rings is 2. The van der Waals surface area contributed by atoms with E-state index in [1.807, 2.05) is 38.2 Å². The molecule has 0 aliphatic carbocycles. The van der Waals surface area contributed by atoms with Gasteiger partial charge in [0.15, 0.2) is 0 Å². The number of halogens is 3. The van der Waals surface area contributed by atoms with Crippen molar-refractivity contribution >= 4 is 27.5 Å². The summed E-state index contributed by atoms with van der Waals surface area (Å²) in [5.41, 5.74) is 2.65. The van der Waals surface area contributed by atoms with E-state index in [1.165, 1.54) is 0 Å². The Bertz CT molecular complexity index is 599. The summed E-state index contributed by atoms with van der Waals surface area (Å²) in [4.78, 5) is 0. The Morgan fingerprint density at radius 1 is 1.21 bits per heavy atom. The van der Waals surface area contributed by atoms with Crippen LogP contribution >= 0.6 is 27.5 Å². The van der Waals surface area contributed by atoms with E-state index >= 15 is 0 Å². The lowest BCUT2D eigenvalue weighted by Gasteiger charge is -2.20. The predicted molar refractivity (Wildman–Crippen MR) is 81.2 cm³/mol. The number of nitrogens with one attached hydrogen (secondary N) is 1. The lowest BCUT2D eigenvalue weighted by atomic mass is 9.95. The van der Waals surface area contributed by atoms with Gasteiger partial charge in [-0.3, -0.25) is 0 Å². The molecule has 0 saturated heterocycles. The zero-order valence-electron chi connectivity index (χ0n) is 10.7. The summed E-state index contributed by atoms with van der Waals surface area (Å²) >= 11 is 9.27. The summed E-state index contributed by atoms with van der Waals surface area (Å²) in [6, 6.07) is 10.7. The second kappa shape index (κ2) is 6.04. The molecule has 0 bridgehead atoms. The Kier molecular flexibility index (Phi) is 4.61. The second-order valence-electron chi connectivity index (χ2n) is 4.37. The Hall–Kier alpha value is -0.900. The highest BCUT2D eigenvalue weighted by molar-refractivity contribution is 9.10. The molecule has 100 valence electrons. The van der Waals surface area contributed by atoms with E-state index in [-0.39, 0.29) is 11.9 Å². The first kappa shape index (κ1) is 14.5. The fourth-order valence-corrected chi connectivity index (χ4v) is 2.71. The van der Waals surface area contributed by atoms with Gasteiger partial charge in [0, 0.05) is 10.6 Å². The van der Waals surface area contributed by atoms with Crippen LogP contribution in [0, 0.1) is 12.7 Å². The Labute approximate surface area is 125 Å². The average Bonchev–Trinajstić information content (AvgIpc) is 2.39. The molecular formula is C15H14BrClFN. The third-order valence-corrected chi connectivity index (χ3v) is 3.98. The van der Waals surface area contributed by atoms with Crippen LogP contribution in [0.25, 0.3) is 0 Å². The molecule has 2 rings (SSSR count). The molecule has 0 aromatic heterocycles. The van der Waals surface area contributed by atoms with Crippen molar-refractivity contribution in [2.75, 3.05) is 7.05 Å². The van der Waals surface area contributed by atoms with Crippen LogP contribution in [-0.4, -0.2) is 7.05 Å². The van der Waals surface area contributed by atoms with Crippen LogP contribution in [0.5, 0.6) is 0 Å². The summed E-state index contributed by atoms with van der Waals surface area (Å²) in [5, 5.41) is 3.80. The van der Waals surface area contributed by atoms with Gasteiger partial charge in [0.1, 0.15) is 5.82 Å². The van der Waals surface area contributed by atoms with Gasteiger partial charge < -0.3 is 5.32 Å². The van der Waals surface area contributed by atoms with Crippen molar-refractivity contribution in [1.82, 2.24) is 5.32 Å². The summed E-state index contributed by atoms with van der Waals surface area (Å²) < 4.78 is 14.7. The standard InChI is InChI=1S/C15H14BrClFN/c1-9-6-7-10(17)8-12(9)15(19-2)11-4-3-5-13(16)14(11)18/h3-8,15,19H,1-2H3. The van der Waals surface area contributed by atoms with Gasteiger partial charge in [0.05, 0.1) is 10.5 Å². The largest absolute Gasteiger partial charge is 0.309 e. The Morgan fingerprint density at radius 3 is 2.63 bits per heavy atom. The lowest BCUT2D eigenvalue weighted by molar-refractivity contribution is 0.570. The van der Waals surface area contributed by atoms with Crippen molar-refractivity contribution < 1.29 is 4.39 Å². The molecule has 2 aromatic carbocycles. The van der Waals surface area contributed by atoms with E-state index in [9.17, 15) is 4.39 Å². The monoisotopic (exact) mass is 341 g/mol. The van der Waals surface area contributed by atoms with Gasteiger partial charge in [0.25, 0.3) is 0 Å². The first-order chi connectivity index (χ1) is 9.04. The fraction of sp³-hybridized carbons (Fsp3) is 0.200. The van der Waals surface area contributed by atoms with Crippen LogP contribution in [0.3, 0.4) is 0 Å². The Balaban J connectivity index is 2.56. The maximum atomic E-state index is 14.2. The van der Waals surface area contributed by atoms with Crippen LogP contribution in [0.4, 0.5) is 4.39 Å². The van der Waals surface area contributed by atoms with Gasteiger partial charge >= 0.3 is 0 Å². The molecule has 0 fully saturated rings. The number of rotatable bonds is 3. The fourth-order valence-electron chi connectivity index (χ4n) is 2.14. The van der Waals surface area contributed by atoms with Crippen molar-refractivity contribution in [2.45, 2.75) is 13.0 Å². The summed E-state index contributed by atoms with van der Waals surface area (Å²) in [7, 11) is 1.81. The first-order valence-corrected chi connectivity index (χ1v) is 7.09. The molecule has 0 amide bonds. The molecule has 1 unspecified atom stereocenters. The van der Waals surface area contributed by atoms with Gasteiger partial charge in [-0.1, -0.05) is 29.8 Å². The molecule has 0 saturated carbocycles. The highest BCUT2D eigenvalue weighted by Crippen LogP contribution is 2.31. The molecule has 4 heteroatoms. The molecule has 0 aliphatic rings. The number of aryl methyl sites for hydroxylation is 1. The van der Waals surface area contributed by atoms with E-state index in [0.717, 1.165) is 11.1 Å². The average molecular weight is 343 g/mol. The molecule has 0 heterocycles. The van der Waals surface area contributed by atoms with Crippen molar-refractivity contribution in [3.8, 4) is 0 Å². The minimum atomic E-state index is -0.249. The topological polar surface area (TPSA) is 12.0 Å². The van der Waals surface area contributed by atoms with Crippen LogP contribution in [0.1, 0.15) is 22.7 Å². The zero-order chi connectivity index (χ0) is 14.0. The van der Waals surface area contributed by atoms with Crippen LogP contribution < -0.4 is 5.32 Å². The van der Waals surface area contributed by atoms with Crippen LogP contribution in [0.2, 0.25) is 5.02 Å². The molecule has 0 radical (unpaired) electrons. The Morgan fingerprint density at radius 2 is 1.95 bits per heavy atom. The molecule has 1 nitrogen and oxygen atoms in total. The third kappa shape index (κ3) is 2.99. The van der Waals surface area contributed by atoms with Crippen LogP contribution in [-0.2, 0) is 0 Å². The van der Waals surface area contributed by atoms with Crippen molar-refractivity contribution in [3.05, 3.63) is 68.4 Å². The second-order valence-corrected chi connectivity index (χ2v) is 5.66. The maximum absolute atomic E-state index is 14.2. The van der Waals surface area contributed by atoms with Gasteiger partial charge in [-0.15, -0.1) is 0 Å². The maximum Gasteiger partial charge on any atom is 0.142 e. The highest BCUT2D eigenvalue weighted by Gasteiger charge is 2.19. The first-order valence-electron chi connectivity index (χ1n) is 5.92. The molecule has 2 aromatic rings. The van der Waals surface area contributed by atoms with Gasteiger partial charge in [0.2, 0.25) is 0 Å². The third-order valence-electron chi connectivity index (χ3n) is 3.13. The summed E-state index contributed by atoms with van der Waals surface area (Å²) in [5.74, 6) is -0.249. The minimum Gasteiger partial charge on any atom is -0.309 e. The molecule has 1 atom stereocenters. The quantitative estimate of drug-likeness (QED) is 0.840. The van der Waals surface area contributed by atoms with Crippen LogP contribution in [0.15, 0.2) is 40.9 Å². The molecule has 0 spiro atoms. The summed E-state index contributed by atoms with van der Waals surface area (Å²) in [6.45, 7) is 1.99. The van der Waals surface area contributed by atoms with E-state index in [4.69, 9.17) is 11.6 Å². The number of hydrogen-bond acceptors (Lipinski definition) is 1. The van der Waals surface area contributed by atoms with Gasteiger partial charge in [-0.2, -0.15) is 0 Å². The van der Waals surface area contributed by atoms with Crippen molar-refractivity contribution in [2.24, 2.45) is 0 Å². The molecule has 19 heavy (non-hydrogen) atoms. The van der Waals surface area contributed by atoms with E-state index in [0.29, 0.717) is 15.1 Å². The van der Waals surface area contributed by atoms with Crippen molar-refractivity contribution in [1.29, 1.82) is 0 Å². The molecular weight excluding hydrogens is 329 g/mol. The molecule has 0 aliphatic heterocycles. The lowest BCUT2D eigenvalue weighted by Crippen LogP contribution is -2.20. The van der Waals surface area contributed by atoms with Gasteiger partial charge in [-0.05, 0) is 59.2 Å². The van der Waals surface area contributed by atoms with Crippen molar-refractivity contribution in [3.63, 3.8) is 0 Å². The zero-order valence-corrected chi connectivity index (χ0v) is 13.0.